The number of carbonyl (C=O) groups excluding carboxylic acids is 1. The van der Waals surface area contributed by atoms with E-state index in [1.165, 1.54) is 81.7 Å². The van der Waals surface area contributed by atoms with Crippen molar-refractivity contribution in [1.29, 1.82) is 0 Å². The molecule has 0 saturated heterocycles. The zero-order valence-corrected chi connectivity index (χ0v) is 25.0. The Hall–Kier alpha value is -1.36. The minimum atomic E-state index is -0.322. The first-order valence-corrected chi connectivity index (χ1v) is 16.4. The fourth-order valence-corrected chi connectivity index (χ4v) is 10.6. The number of rotatable bonds is 5. The summed E-state index contributed by atoms with van der Waals surface area (Å²) in [4.78, 5) is 13.5. The average Bonchev–Trinajstić information content (AvgIpc) is 3.23. The highest BCUT2D eigenvalue weighted by atomic mass is 32.2. The van der Waals surface area contributed by atoms with Gasteiger partial charge in [0.05, 0.1) is 6.61 Å². The molecular weight excluding hydrogens is 490 g/mol. The summed E-state index contributed by atoms with van der Waals surface area (Å²) in [5.74, 6) is 5.42. The Morgan fingerprint density at radius 2 is 1.82 bits per heavy atom. The molecule has 4 saturated carbocycles. The SMILES string of the molecule is CC1(C)CCc2cc(SNC(=O)OCCC3CCC4C5CCC6CCCCC6(C)C5CCC34C)ccc2O1. The lowest BCUT2D eigenvalue weighted by atomic mass is 9.45. The largest absolute Gasteiger partial charge is 0.488 e. The maximum absolute atomic E-state index is 12.5. The van der Waals surface area contributed by atoms with Crippen molar-refractivity contribution >= 4 is 18.0 Å². The number of nitrogens with one attached hydrogen (secondary N) is 1. The van der Waals surface area contributed by atoms with Gasteiger partial charge in [0.1, 0.15) is 11.4 Å². The molecule has 7 atom stereocenters. The molecule has 1 heterocycles. The molecule has 38 heavy (non-hydrogen) atoms. The third-order valence-electron chi connectivity index (χ3n) is 12.1. The average molecular weight is 540 g/mol. The summed E-state index contributed by atoms with van der Waals surface area (Å²) in [7, 11) is 0. The third kappa shape index (κ3) is 4.88. The Kier molecular flexibility index (Phi) is 7.23. The first kappa shape index (κ1) is 26.8. The molecule has 0 aromatic heterocycles. The lowest BCUT2D eigenvalue weighted by Gasteiger charge is -2.60. The Bertz CT molecular complexity index is 1040. The van der Waals surface area contributed by atoms with Crippen LogP contribution in [0.2, 0.25) is 0 Å². The summed E-state index contributed by atoms with van der Waals surface area (Å²) in [6, 6.07) is 6.17. The number of amides is 1. The van der Waals surface area contributed by atoms with E-state index in [0.29, 0.717) is 23.4 Å². The van der Waals surface area contributed by atoms with Crippen molar-refractivity contribution in [3.63, 3.8) is 0 Å². The highest BCUT2D eigenvalue weighted by molar-refractivity contribution is 7.98. The number of fused-ring (bicyclic) bond motifs is 6. The molecule has 6 rings (SSSR count). The van der Waals surface area contributed by atoms with Crippen LogP contribution < -0.4 is 9.46 Å². The van der Waals surface area contributed by atoms with Gasteiger partial charge in [-0.15, -0.1) is 0 Å². The molecule has 4 nitrogen and oxygen atoms in total. The van der Waals surface area contributed by atoms with Crippen molar-refractivity contribution in [2.45, 2.75) is 122 Å². The normalized spacial score (nSPS) is 39.1. The molecule has 1 aromatic rings. The predicted octanol–water partition coefficient (Wildman–Crippen LogP) is 8.96. The highest BCUT2D eigenvalue weighted by Crippen LogP contribution is 2.67. The molecular formula is C33H49NO3S. The van der Waals surface area contributed by atoms with Crippen molar-refractivity contribution in [2.24, 2.45) is 40.4 Å². The van der Waals surface area contributed by atoms with Crippen molar-refractivity contribution in [1.82, 2.24) is 4.72 Å². The van der Waals surface area contributed by atoms with E-state index in [9.17, 15) is 4.79 Å². The number of ether oxygens (including phenoxy) is 2. The first-order valence-electron chi connectivity index (χ1n) is 15.6. The Morgan fingerprint density at radius 3 is 2.68 bits per heavy atom. The standard InChI is InChI=1S/C33H49NO3S/c1-31(2)18-14-22-21-25(10-13-29(22)37-31)38-34-30(35)36-20-16-24-9-12-27-26-11-8-23-7-5-6-17-32(23,3)28(26)15-19-33(24,27)4/h10,13,21,23-24,26-28H,5-9,11-12,14-20H2,1-4H3,(H,34,35). The van der Waals surface area contributed by atoms with E-state index in [-0.39, 0.29) is 11.7 Å². The van der Waals surface area contributed by atoms with Crippen LogP contribution in [0, 0.1) is 40.4 Å². The second-order valence-electron chi connectivity index (χ2n) is 14.5. The maximum atomic E-state index is 12.5. The summed E-state index contributed by atoms with van der Waals surface area (Å²) in [5, 5.41) is 0. The van der Waals surface area contributed by atoms with Crippen molar-refractivity contribution < 1.29 is 14.3 Å². The van der Waals surface area contributed by atoms with Gasteiger partial charge in [-0.05, 0) is 161 Å². The van der Waals surface area contributed by atoms with Crippen LogP contribution in [0.1, 0.15) is 110 Å². The Labute approximate surface area is 234 Å². The first-order chi connectivity index (χ1) is 18.2. The van der Waals surface area contributed by atoms with Crippen LogP contribution >= 0.6 is 11.9 Å². The summed E-state index contributed by atoms with van der Waals surface area (Å²) >= 11 is 1.34. The molecule has 1 aliphatic heterocycles. The van der Waals surface area contributed by atoms with Gasteiger partial charge in [0.25, 0.3) is 0 Å². The van der Waals surface area contributed by atoms with E-state index >= 15 is 0 Å². The van der Waals surface area contributed by atoms with Crippen LogP contribution in [0.4, 0.5) is 4.79 Å². The van der Waals surface area contributed by atoms with Gasteiger partial charge < -0.3 is 9.47 Å². The predicted molar refractivity (Wildman–Crippen MR) is 154 cm³/mol. The minimum absolute atomic E-state index is 0.105. The fourth-order valence-electron chi connectivity index (χ4n) is 10.0. The number of aryl methyl sites for hydroxylation is 1. The van der Waals surface area contributed by atoms with Gasteiger partial charge in [0.15, 0.2) is 0 Å². The summed E-state index contributed by atoms with van der Waals surface area (Å²) in [5.41, 5.74) is 2.16. The van der Waals surface area contributed by atoms with Crippen LogP contribution in [0.25, 0.3) is 0 Å². The molecule has 5 heteroatoms. The molecule has 0 spiro atoms. The van der Waals surface area contributed by atoms with Crippen LogP contribution in [0.15, 0.2) is 23.1 Å². The zero-order chi connectivity index (χ0) is 26.5. The minimum Gasteiger partial charge on any atom is -0.488 e. The second-order valence-corrected chi connectivity index (χ2v) is 15.4. The Balaban J connectivity index is 0.986. The van der Waals surface area contributed by atoms with E-state index in [1.54, 1.807) is 0 Å². The molecule has 4 fully saturated rings. The van der Waals surface area contributed by atoms with Crippen LogP contribution in [-0.2, 0) is 11.2 Å². The lowest BCUT2D eigenvalue weighted by Crippen LogP contribution is -2.52. The van der Waals surface area contributed by atoms with E-state index in [1.807, 2.05) is 12.1 Å². The van der Waals surface area contributed by atoms with Gasteiger partial charge in [-0.25, -0.2) is 4.79 Å². The van der Waals surface area contributed by atoms with Crippen LogP contribution in [0.3, 0.4) is 0 Å². The molecule has 0 radical (unpaired) electrons. The van der Waals surface area contributed by atoms with Crippen molar-refractivity contribution in [3.05, 3.63) is 23.8 Å². The van der Waals surface area contributed by atoms with E-state index in [4.69, 9.17) is 9.47 Å². The van der Waals surface area contributed by atoms with Crippen LogP contribution in [-0.4, -0.2) is 18.3 Å². The maximum Gasteiger partial charge on any atom is 0.417 e. The molecule has 7 unspecified atom stereocenters. The molecule has 1 N–H and O–H groups in total. The monoisotopic (exact) mass is 539 g/mol. The van der Waals surface area contributed by atoms with Gasteiger partial charge in [-0.3, -0.25) is 4.72 Å². The zero-order valence-electron chi connectivity index (χ0n) is 24.2. The van der Waals surface area contributed by atoms with E-state index < -0.39 is 0 Å². The molecule has 210 valence electrons. The van der Waals surface area contributed by atoms with Gasteiger partial charge in [-0.2, -0.15) is 0 Å². The molecule has 5 aliphatic rings. The van der Waals surface area contributed by atoms with Crippen molar-refractivity contribution in [3.8, 4) is 5.75 Å². The van der Waals surface area contributed by atoms with Gasteiger partial charge >= 0.3 is 6.09 Å². The smallest absolute Gasteiger partial charge is 0.417 e. The summed E-state index contributed by atoms with van der Waals surface area (Å²) in [6.45, 7) is 10.1. The number of carbonyl (C=O) groups is 1. The van der Waals surface area contributed by atoms with Gasteiger partial charge in [-0.1, -0.05) is 26.7 Å². The quantitative estimate of drug-likeness (QED) is 0.379. The fraction of sp³-hybridized carbons (Fsp3) is 0.788. The topological polar surface area (TPSA) is 47.6 Å². The second kappa shape index (κ2) is 10.2. The molecule has 1 amide bonds. The number of benzene rings is 1. The highest BCUT2D eigenvalue weighted by Gasteiger charge is 2.59. The Morgan fingerprint density at radius 1 is 0.974 bits per heavy atom. The van der Waals surface area contributed by atoms with Crippen molar-refractivity contribution in [2.75, 3.05) is 6.61 Å². The molecule has 4 aliphatic carbocycles. The van der Waals surface area contributed by atoms with E-state index in [0.717, 1.165) is 53.6 Å². The van der Waals surface area contributed by atoms with E-state index in [2.05, 4.69) is 38.5 Å². The van der Waals surface area contributed by atoms with Gasteiger partial charge in [0, 0.05) is 4.90 Å². The van der Waals surface area contributed by atoms with Crippen LogP contribution in [0.5, 0.6) is 5.75 Å². The number of hydrogen-bond donors (Lipinski definition) is 1. The molecule has 1 aromatic carbocycles. The van der Waals surface area contributed by atoms with Gasteiger partial charge in [0.2, 0.25) is 0 Å². The number of hydrogen-bond acceptors (Lipinski definition) is 4. The lowest BCUT2D eigenvalue weighted by molar-refractivity contribution is -0.111. The molecule has 0 bridgehead atoms. The summed E-state index contributed by atoms with van der Waals surface area (Å²) < 4.78 is 14.7. The summed E-state index contributed by atoms with van der Waals surface area (Å²) in [6.07, 6.45) is 17.1. The third-order valence-corrected chi connectivity index (χ3v) is 12.9.